The number of ether oxygens (including phenoxy) is 2. The molecule has 0 saturated carbocycles. The molecule has 2 aromatic rings. The quantitative estimate of drug-likeness (QED) is 0.519. The minimum Gasteiger partial charge on any atom is -0.493 e. The Bertz CT molecular complexity index is 914. The van der Waals surface area contributed by atoms with E-state index in [2.05, 4.69) is 0 Å². The monoisotopic (exact) mass is 403 g/mol. The highest BCUT2D eigenvalue weighted by Crippen LogP contribution is 2.34. The Kier molecular flexibility index (Phi) is 6.13. The second-order valence-corrected chi connectivity index (χ2v) is 7.43. The van der Waals surface area contributed by atoms with Gasteiger partial charge >= 0.3 is 0 Å². The van der Waals surface area contributed by atoms with Crippen LogP contribution >= 0.6 is 24.0 Å². The van der Waals surface area contributed by atoms with Crippen LogP contribution in [0.4, 0.5) is 4.39 Å². The predicted molar refractivity (Wildman–Crippen MR) is 109 cm³/mol. The number of rotatable bonds is 6. The lowest BCUT2D eigenvalue weighted by molar-refractivity contribution is -0.121. The lowest BCUT2D eigenvalue weighted by atomic mass is 10.1. The second kappa shape index (κ2) is 8.54. The van der Waals surface area contributed by atoms with E-state index in [0.717, 1.165) is 11.1 Å². The van der Waals surface area contributed by atoms with Gasteiger partial charge in [0, 0.05) is 6.54 Å². The zero-order valence-corrected chi connectivity index (χ0v) is 16.5. The number of likely N-dealkylation sites (N-methyl/N-ethyl adjacent to an activating group) is 1. The van der Waals surface area contributed by atoms with Crippen LogP contribution in [0.15, 0.2) is 47.4 Å². The Balaban J connectivity index is 1.77. The molecular formula is C20H18FNO3S2. The number of amides is 1. The fraction of sp³-hybridized carbons (Fsp3) is 0.200. The minimum atomic E-state index is -0.303. The van der Waals surface area contributed by atoms with Gasteiger partial charge in [0.05, 0.1) is 12.0 Å². The zero-order chi connectivity index (χ0) is 19.4. The third kappa shape index (κ3) is 4.48. The van der Waals surface area contributed by atoms with Crippen molar-refractivity contribution in [2.24, 2.45) is 0 Å². The highest BCUT2D eigenvalue weighted by Gasteiger charge is 2.30. The second-order valence-electron chi connectivity index (χ2n) is 5.75. The van der Waals surface area contributed by atoms with Gasteiger partial charge in [0.1, 0.15) is 16.7 Å². The molecule has 0 bridgehead atoms. The first-order valence-corrected chi connectivity index (χ1v) is 9.55. The molecule has 0 aliphatic carbocycles. The molecule has 1 heterocycles. The number of hydrogen-bond acceptors (Lipinski definition) is 5. The Morgan fingerprint density at radius 3 is 2.70 bits per heavy atom. The van der Waals surface area contributed by atoms with E-state index in [1.165, 1.54) is 23.9 Å². The Morgan fingerprint density at radius 2 is 2.04 bits per heavy atom. The van der Waals surface area contributed by atoms with E-state index in [-0.39, 0.29) is 18.3 Å². The van der Waals surface area contributed by atoms with Crippen molar-refractivity contribution in [3.05, 3.63) is 64.3 Å². The number of methoxy groups -OCH3 is 1. The summed E-state index contributed by atoms with van der Waals surface area (Å²) in [5.41, 5.74) is 1.53. The fourth-order valence-electron chi connectivity index (χ4n) is 2.61. The third-order valence-corrected chi connectivity index (χ3v) is 5.34. The van der Waals surface area contributed by atoms with Crippen LogP contribution in [-0.4, -0.2) is 28.8 Å². The number of hydrogen-bond donors (Lipinski definition) is 0. The first-order chi connectivity index (χ1) is 13.0. The summed E-state index contributed by atoms with van der Waals surface area (Å²) in [5.74, 6) is 0.687. The van der Waals surface area contributed by atoms with E-state index in [1.54, 1.807) is 42.4 Å². The largest absolute Gasteiger partial charge is 0.493 e. The molecule has 3 rings (SSSR count). The van der Waals surface area contributed by atoms with Gasteiger partial charge < -0.3 is 9.47 Å². The summed E-state index contributed by atoms with van der Waals surface area (Å²) in [6, 6.07) is 11.6. The number of thiocarbonyl (C=S) groups is 1. The molecule has 2 aromatic carbocycles. The van der Waals surface area contributed by atoms with Crippen molar-refractivity contribution >= 4 is 40.3 Å². The molecule has 0 N–H and O–H groups in total. The van der Waals surface area contributed by atoms with E-state index in [9.17, 15) is 9.18 Å². The minimum absolute atomic E-state index is 0.0853. The van der Waals surface area contributed by atoms with Gasteiger partial charge in [-0.25, -0.2) is 4.39 Å². The van der Waals surface area contributed by atoms with Crippen LogP contribution in [0.25, 0.3) is 6.08 Å². The van der Waals surface area contributed by atoms with Gasteiger partial charge in [0.15, 0.2) is 11.5 Å². The van der Waals surface area contributed by atoms with Crippen LogP contribution in [0, 0.1) is 5.82 Å². The zero-order valence-electron chi connectivity index (χ0n) is 14.9. The van der Waals surface area contributed by atoms with Crippen molar-refractivity contribution in [1.82, 2.24) is 4.90 Å². The lowest BCUT2D eigenvalue weighted by Crippen LogP contribution is -2.27. The van der Waals surface area contributed by atoms with Gasteiger partial charge in [-0.15, -0.1) is 0 Å². The van der Waals surface area contributed by atoms with Gasteiger partial charge in [-0.2, -0.15) is 0 Å². The molecule has 0 radical (unpaired) electrons. The molecule has 0 aromatic heterocycles. The highest BCUT2D eigenvalue weighted by atomic mass is 32.2. The van der Waals surface area contributed by atoms with Crippen LogP contribution in [0.3, 0.4) is 0 Å². The van der Waals surface area contributed by atoms with Crippen molar-refractivity contribution in [2.45, 2.75) is 13.5 Å². The molecule has 27 heavy (non-hydrogen) atoms. The SMILES string of the molecule is CCN1C(=O)/C(=C/c2ccc(OCc3cccc(F)c3)c(OC)c2)SC1=S. The van der Waals surface area contributed by atoms with E-state index < -0.39 is 0 Å². The molecule has 1 amide bonds. The summed E-state index contributed by atoms with van der Waals surface area (Å²) < 4.78 is 25.0. The number of carbonyl (C=O) groups excluding carboxylic acids is 1. The summed E-state index contributed by atoms with van der Waals surface area (Å²) in [4.78, 5) is 14.5. The van der Waals surface area contributed by atoms with Crippen molar-refractivity contribution in [3.8, 4) is 11.5 Å². The topological polar surface area (TPSA) is 38.8 Å². The number of nitrogens with zero attached hydrogens (tertiary/aromatic N) is 1. The highest BCUT2D eigenvalue weighted by molar-refractivity contribution is 8.26. The molecule has 4 nitrogen and oxygen atoms in total. The molecule has 0 atom stereocenters. The fourth-order valence-corrected chi connectivity index (χ4v) is 3.99. The van der Waals surface area contributed by atoms with E-state index in [1.807, 2.05) is 13.0 Å². The molecule has 140 valence electrons. The summed E-state index contributed by atoms with van der Waals surface area (Å²) in [6.07, 6.45) is 1.79. The van der Waals surface area contributed by atoms with Gasteiger partial charge in [-0.1, -0.05) is 42.2 Å². The smallest absolute Gasteiger partial charge is 0.266 e. The molecule has 1 saturated heterocycles. The number of carbonyl (C=O) groups is 1. The maximum Gasteiger partial charge on any atom is 0.266 e. The average Bonchev–Trinajstić information content (AvgIpc) is 2.93. The molecule has 1 aliphatic rings. The first-order valence-electron chi connectivity index (χ1n) is 8.32. The van der Waals surface area contributed by atoms with E-state index >= 15 is 0 Å². The third-order valence-electron chi connectivity index (χ3n) is 3.96. The Hall–Kier alpha value is -2.38. The van der Waals surface area contributed by atoms with Crippen molar-refractivity contribution in [2.75, 3.05) is 13.7 Å². The van der Waals surface area contributed by atoms with Gasteiger partial charge in [-0.05, 0) is 48.4 Å². The maximum atomic E-state index is 13.3. The summed E-state index contributed by atoms with van der Waals surface area (Å²) in [6.45, 7) is 2.67. The predicted octanol–water partition coefficient (Wildman–Crippen LogP) is 4.63. The first kappa shape index (κ1) is 19.4. The van der Waals surface area contributed by atoms with Crippen LogP contribution in [0.1, 0.15) is 18.1 Å². The van der Waals surface area contributed by atoms with Gasteiger partial charge in [0.2, 0.25) is 0 Å². The van der Waals surface area contributed by atoms with Crippen molar-refractivity contribution in [1.29, 1.82) is 0 Å². The average molecular weight is 404 g/mol. The van der Waals surface area contributed by atoms with Crippen molar-refractivity contribution in [3.63, 3.8) is 0 Å². The molecule has 7 heteroatoms. The Labute approximate surface area is 167 Å². The van der Waals surface area contributed by atoms with Gasteiger partial charge in [-0.3, -0.25) is 9.69 Å². The van der Waals surface area contributed by atoms with Gasteiger partial charge in [0.25, 0.3) is 5.91 Å². The molecule has 1 aliphatic heterocycles. The normalized spacial score (nSPS) is 15.5. The molecule has 0 spiro atoms. The van der Waals surface area contributed by atoms with Crippen LogP contribution in [-0.2, 0) is 11.4 Å². The van der Waals surface area contributed by atoms with Crippen LogP contribution < -0.4 is 9.47 Å². The van der Waals surface area contributed by atoms with E-state index in [4.69, 9.17) is 21.7 Å². The standard InChI is InChI=1S/C20H18FNO3S2/c1-3-22-19(23)18(27-20(22)26)11-13-7-8-16(17(10-13)24-2)25-12-14-5-4-6-15(21)9-14/h4-11H,3,12H2,1-2H3/b18-11-. The number of halogens is 1. The molecule has 1 fully saturated rings. The van der Waals surface area contributed by atoms with Crippen LogP contribution in [0.5, 0.6) is 11.5 Å². The lowest BCUT2D eigenvalue weighted by Gasteiger charge is -2.12. The summed E-state index contributed by atoms with van der Waals surface area (Å²) >= 11 is 6.51. The number of thioether (sulfide) groups is 1. The molecular weight excluding hydrogens is 385 g/mol. The van der Waals surface area contributed by atoms with Crippen LogP contribution in [0.2, 0.25) is 0 Å². The summed E-state index contributed by atoms with van der Waals surface area (Å²) in [5, 5.41) is 0. The maximum absolute atomic E-state index is 13.3. The Morgan fingerprint density at radius 1 is 1.22 bits per heavy atom. The summed E-state index contributed by atoms with van der Waals surface area (Å²) in [7, 11) is 1.55. The number of benzene rings is 2. The van der Waals surface area contributed by atoms with E-state index in [0.29, 0.717) is 27.3 Å². The molecule has 0 unspecified atom stereocenters. The van der Waals surface area contributed by atoms with Crippen molar-refractivity contribution < 1.29 is 18.7 Å².